The fourth-order valence-corrected chi connectivity index (χ4v) is 2.46. The molecule has 0 aromatic heterocycles. The number of rotatable bonds is 1. The zero-order chi connectivity index (χ0) is 14.5. The van der Waals surface area contributed by atoms with Crippen LogP contribution in [0.5, 0.6) is 0 Å². The van der Waals surface area contributed by atoms with Crippen molar-refractivity contribution in [3.8, 4) is 0 Å². The molecule has 0 spiro atoms. The molecule has 0 atom stereocenters. The van der Waals surface area contributed by atoms with Crippen LogP contribution in [0, 0.1) is 0 Å². The number of carbonyl (C=O) groups is 2. The molecule has 2 fully saturated rings. The number of hydrogen-bond acceptors (Lipinski definition) is 4. The number of nitrogens with two attached hydrogens (primary N) is 2. The maximum Gasteiger partial charge on any atom is 0.309 e. The zero-order valence-electron chi connectivity index (χ0n) is 11.4. The van der Waals surface area contributed by atoms with Gasteiger partial charge in [-0.3, -0.25) is 4.79 Å². The van der Waals surface area contributed by atoms with Gasteiger partial charge in [0.15, 0.2) is 0 Å². The van der Waals surface area contributed by atoms with E-state index in [-0.39, 0.29) is 6.47 Å². The van der Waals surface area contributed by atoms with E-state index in [9.17, 15) is 0 Å². The minimum Gasteiger partial charge on any atom is -0.483 e. The van der Waals surface area contributed by atoms with Crippen LogP contribution in [-0.4, -0.2) is 54.7 Å². The van der Waals surface area contributed by atoms with Gasteiger partial charge in [0.05, 0.1) is 0 Å². The van der Waals surface area contributed by atoms with Crippen LogP contribution >= 0.6 is 0 Å². The Kier molecular flexibility index (Phi) is 10.9. The van der Waals surface area contributed by atoms with Gasteiger partial charge in [0.25, 0.3) is 6.47 Å². The van der Waals surface area contributed by atoms with Gasteiger partial charge in [-0.2, -0.15) is 0 Å². The third-order valence-corrected chi connectivity index (χ3v) is 3.22. The lowest BCUT2D eigenvalue weighted by atomic mass is 10.0. The van der Waals surface area contributed by atoms with Crippen molar-refractivity contribution in [3.05, 3.63) is 0 Å². The Labute approximate surface area is 114 Å². The average Bonchev–Trinajstić information content (AvgIpc) is 2.41. The summed E-state index contributed by atoms with van der Waals surface area (Å²) in [4.78, 5) is 20.1. The molecule has 2 aliphatic rings. The van der Waals surface area contributed by atoms with Gasteiger partial charge < -0.3 is 26.8 Å². The summed E-state index contributed by atoms with van der Waals surface area (Å²) in [5.41, 5.74) is 8.50. The molecule has 0 aliphatic carbocycles. The van der Waals surface area contributed by atoms with Crippen molar-refractivity contribution in [2.24, 2.45) is 11.5 Å². The van der Waals surface area contributed by atoms with Crippen molar-refractivity contribution < 1.29 is 14.7 Å². The Bertz CT molecular complexity index is 219. The first kappa shape index (κ1) is 17.7. The number of hydrogen-bond donors (Lipinski definition) is 4. The van der Waals surface area contributed by atoms with Gasteiger partial charge in [-0.15, -0.1) is 0 Å². The number of piperidine rings is 2. The minimum absolute atomic E-state index is 0.250. The number of nitrogens with zero attached hydrogens (tertiary/aromatic N) is 1. The van der Waals surface area contributed by atoms with Crippen LogP contribution in [0.4, 0.5) is 4.79 Å². The van der Waals surface area contributed by atoms with Gasteiger partial charge in [0, 0.05) is 6.04 Å². The Balaban J connectivity index is 0.000000393. The van der Waals surface area contributed by atoms with Crippen LogP contribution in [0.1, 0.15) is 32.1 Å². The average molecular weight is 274 g/mol. The largest absolute Gasteiger partial charge is 0.483 e. The maximum atomic E-state index is 9.00. The van der Waals surface area contributed by atoms with Crippen molar-refractivity contribution in [1.82, 2.24) is 10.2 Å². The number of urea groups is 1. The van der Waals surface area contributed by atoms with Crippen molar-refractivity contribution in [3.63, 3.8) is 0 Å². The fraction of sp³-hybridized carbons (Fsp3) is 0.833. The fourth-order valence-electron chi connectivity index (χ4n) is 2.46. The first-order valence-corrected chi connectivity index (χ1v) is 6.69. The second-order valence-corrected chi connectivity index (χ2v) is 4.59. The summed E-state index contributed by atoms with van der Waals surface area (Å²) in [5, 5.41) is 10.3. The summed E-state index contributed by atoms with van der Waals surface area (Å²) in [5.74, 6) is 0. The SMILES string of the molecule is C1CCN(C2CCNCC2)CC1.NC(N)=O.O=CO. The number of likely N-dealkylation sites (tertiary alicyclic amines) is 1. The zero-order valence-corrected chi connectivity index (χ0v) is 11.4. The third kappa shape index (κ3) is 10.3. The standard InChI is InChI=1S/C10H20N2.CH4N2O.CH2O2/c1-2-8-12(9-3-1)10-4-6-11-7-5-10;2-1(3)4;2-1-3/h10-11H,1-9H2;(H4,2,3,4);1H,(H,2,3). The summed E-state index contributed by atoms with van der Waals surface area (Å²) in [6.07, 6.45) is 7.08. The van der Waals surface area contributed by atoms with E-state index in [0.29, 0.717) is 0 Å². The lowest BCUT2D eigenvalue weighted by Gasteiger charge is -2.36. The van der Waals surface area contributed by atoms with Gasteiger partial charge in [-0.1, -0.05) is 6.42 Å². The van der Waals surface area contributed by atoms with E-state index in [1.54, 1.807) is 0 Å². The van der Waals surface area contributed by atoms with E-state index in [1.807, 2.05) is 0 Å². The molecule has 0 aromatic carbocycles. The molecule has 0 bridgehead atoms. The molecule has 0 radical (unpaired) electrons. The number of primary amides is 2. The van der Waals surface area contributed by atoms with Crippen LogP contribution in [0.25, 0.3) is 0 Å². The van der Waals surface area contributed by atoms with Crippen molar-refractivity contribution in [1.29, 1.82) is 0 Å². The lowest BCUT2D eigenvalue weighted by Crippen LogP contribution is -2.45. The molecule has 2 rings (SSSR count). The van der Waals surface area contributed by atoms with E-state index >= 15 is 0 Å². The van der Waals surface area contributed by atoms with Crippen molar-refractivity contribution >= 4 is 12.5 Å². The van der Waals surface area contributed by atoms with E-state index in [1.165, 1.54) is 58.3 Å². The smallest absolute Gasteiger partial charge is 0.309 e. The second kappa shape index (κ2) is 11.7. The molecule has 0 unspecified atom stereocenters. The molecule has 112 valence electrons. The summed E-state index contributed by atoms with van der Waals surface area (Å²) < 4.78 is 0. The van der Waals surface area contributed by atoms with E-state index in [4.69, 9.17) is 14.7 Å². The summed E-state index contributed by atoms with van der Waals surface area (Å²) in [7, 11) is 0. The van der Waals surface area contributed by atoms with Crippen LogP contribution in [0.15, 0.2) is 0 Å². The van der Waals surface area contributed by atoms with Crippen LogP contribution in [-0.2, 0) is 4.79 Å². The Morgan fingerprint density at radius 3 is 2.00 bits per heavy atom. The molecule has 2 aliphatic heterocycles. The molecule has 7 nitrogen and oxygen atoms in total. The summed E-state index contributed by atoms with van der Waals surface area (Å²) in [6.45, 7) is 4.96. The first-order chi connectivity index (χ1) is 9.11. The van der Waals surface area contributed by atoms with Crippen LogP contribution < -0.4 is 16.8 Å². The minimum atomic E-state index is -0.833. The molecular weight excluding hydrogens is 248 g/mol. The van der Waals surface area contributed by atoms with Gasteiger partial charge in [0.1, 0.15) is 0 Å². The monoisotopic (exact) mass is 274 g/mol. The Morgan fingerprint density at radius 1 is 1.16 bits per heavy atom. The number of nitrogens with one attached hydrogen (secondary N) is 1. The summed E-state index contributed by atoms with van der Waals surface area (Å²) >= 11 is 0. The molecule has 6 N–H and O–H groups in total. The van der Waals surface area contributed by atoms with Gasteiger partial charge in [-0.25, -0.2) is 4.79 Å². The van der Waals surface area contributed by atoms with Gasteiger partial charge >= 0.3 is 6.03 Å². The highest BCUT2D eigenvalue weighted by atomic mass is 16.3. The van der Waals surface area contributed by atoms with Crippen LogP contribution in [0.3, 0.4) is 0 Å². The first-order valence-electron chi connectivity index (χ1n) is 6.69. The molecule has 0 aromatic rings. The molecule has 2 amide bonds. The van der Waals surface area contributed by atoms with Crippen molar-refractivity contribution in [2.45, 2.75) is 38.1 Å². The van der Waals surface area contributed by atoms with E-state index in [2.05, 4.69) is 21.7 Å². The molecule has 0 saturated carbocycles. The Morgan fingerprint density at radius 2 is 1.58 bits per heavy atom. The number of carboxylic acid groups (broad SMARTS) is 1. The lowest BCUT2D eigenvalue weighted by molar-refractivity contribution is -0.122. The quantitative estimate of drug-likeness (QED) is 0.499. The number of amides is 2. The van der Waals surface area contributed by atoms with Crippen LogP contribution in [0.2, 0.25) is 0 Å². The van der Waals surface area contributed by atoms with E-state index in [0.717, 1.165) is 6.04 Å². The maximum absolute atomic E-state index is 9.00. The second-order valence-electron chi connectivity index (χ2n) is 4.59. The third-order valence-electron chi connectivity index (χ3n) is 3.22. The predicted octanol–water partition coefficient (Wildman–Crippen LogP) is -0.0511. The highest BCUT2D eigenvalue weighted by Gasteiger charge is 2.21. The molecule has 19 heavy (non-hydrogen) atoms. The van der Waals surface area contributed by atoms with E-state index < -0.39 is 6.03 Å². The molecule has 2 heterocycles. The summed E-state index contributed by atoms with van der Waals surface area (Å²) in [6, 6.07) is 0.0755. The Hall–Kier alpha value is -1.34. The molecule has 7 heteroatoms. The highest BCUT2D eigenvalue weighted by molar-refractivity contribution is 5.69. The van der Waals surface area contributed by atoms with Gasteiger partial charge in [-0.05, 0) is 51.9 Å². The number of carbonyl (C=O) groups excluding carboxylic acids is 1. The molecule has 2 saturated heterocycles. The topological polar surface area (TPSA) is 122 Å². The highest BCUT2D eigenvalue weighted by Crippen LogP contribution is 2.17. The van der Waals surface area contributed by atoms with Crippen molar-refractivity contribution in [2.75, 3.05) is 26.2 Å². The predicted molar refractivity (Wildman–Crippen MR) is 73.8 cm³/mol. The van der Waals surface area contributed by atoms with Gasteiger partial charge in [0.2, 0.25) is 0 Å². The normalized spacial score (nSPS) is 20.2. The molecular formula is C12H26N4O3.